The van der Waals surface area contributed by atoms with E-state index < -0.39 is 6.61 Å². The molecule has 1 fully saturated rings. The molecule has 0 aliphatic carbocycles. The Morgan fingerprint density at radius 3 is 2.55 bits per heavy atom. The summed E-state index contributed by atoms with van der Waals surface area (Å²) in [5.41, 5.74) is 0.550. The minimum absolute atomic E-state index is 0.0154. The minimum Gasteiger partial charge on any atom is -0.435 e. The van der Waals surface area contributed by atoms with Crippen LogP contribution in [0.3, 0.4) is 0 Å². The van der Waals surface area contributed by atoms with Gasteiger partial charge in [0, 0.05) is 18.7 Å². The first kappa shape index (κ1) is 20.8. The lowest BCUT2D eigenvalue weighted by Gasteiger charge is -2.15. The Morgan fingerprint density at radius 1 is 1.21 bits per heavy atom. The first-order valence-electron chi connectivity index (χ1n) is 8.87. The summed E-state index contributed by atoms with van der Waals surface area (Å²) >= 11 is 1.07. The molecule has 3 N–H and O–H groups in total. The summed E-state index contributed by atoms with van der Waals surface area (Å²) in [6.45, 7) is -1.47. The van der Waals surface area contributed by atoms with Crippen molar-refractivity contribution in [2.24, 2.45) is 0 Å². The maximum atomic E-state index is 12.2. The third-order valence-corrected chi connectivity index (χ3v) is 5.17. The van der Waals surface area contributed by atoms with E-state index in [9.17, 15) is 18.4 Å². The monoisotopic (exact) mass is 426 g/mol. The molecule has 29 heavy (non-hydrogen) atoms. The van der Waals surface area contributed by atoms with Gasteiger partial charge < -0.3 is 20.8 Å². The van der Waals surface area contributed by atoms with Gasteiger partial charge in [-0.1, -0.05) is 11.8 Å². The highest BCUT2D eigenvalue weighted by molar-refractivity contribution is 7.99. The number of ether oxygens (including phenoxy) is 1. The van der Waals surface area contributed by atoms with Crippen LogP contribution in [0.5, 0.6) is 5.75 Å². The number of thioether (sulfide) groups is 1. The van der Waals surface area contributed by atoms with Crippen LogP contribution < -0.4 is 15.9 Å². The molecule has 0 atom stereocenters. The Bertz CT molecular complexity index is 855. The number of benzene rings is 1. The predicted octanol–water partition coefficient (Wildman–Crippen LogP) is 1.09. The molecule has 1 saturated heterocycles. The highest BCUT2D eigenvalue weighted by atomic mass is 32.2. The van der Waals surface area contributed by atoms with Gasteiger partial charge in [-0.05, 0) is 37.1 Å². The molecule has 2 heterocycles. The standard InChI is InChI=1S/C17H20F2N6O3S/c18-16(19)28-12-5-3-11(4-6-12)15-22-23-17(25(15)20)29-10-13(26)21-9-14(27)24-7-1-2-8-24/h3-6,16H,1-2,7-10,20H2,(H,21,26). The number of carbonyl (C=O) groups is 2. The van der Waals surface area contributed by atoms with Crippen LogP contribution in [0, 0.1) is 0 Å². The van der Waals surface area contributed by atoms with Crippen LogP contribution in [-0.4, -0.2) is 63.6 Å². The fourth-order valence-electron chi connectivity index (χ4n) is 2.79. The highest BCUT2D eigenvalue weighted by Gasteiger charge is 2.19. The summed E-state index contributed by atoms with van der Waals surface area (Å²) in [6, 6.07) is 5.79. The number of hydrogen-bond donors (Lipinski definition) is 2. The first-order chi connectivity index (χ1) is 13.9. The third-order valence-electron chi connectivity index (χ3n) is 4.23. The zero-order valence-electron chi connectivity index (χ0n) is 15.4. The van der Waals surface area contributed by atoms with Gasteiger partial charge in [-0.15, -0.1) is 10.2 Å². The highest BCUT2D eigenvalue weighted by Crippen LogP contribution is 2.24. The van der Waals surface area contributed by atoms with Crippen LogP contribution in [0.2, 0.25) is 0 Å². The Hall–Kier alpha value is -2.89. The zero-order chi connectivity index (χ0) is 20.8. The Balaban J connectivity index is 1.51. The molecule has 1 aromatic carbocycles. The van der Waals surface area contributed by atoms with E-state index in [1.54, 1.807) is 4.90 Å². The van der Waals surface area contributed by atoms with Gasteiger partial charge in [0.15, 0.2) is 5.82 Å². The largest absolute Gasteiger partial charge is 0.435 e. The van der Waals surface area contributed by atoms with Crippen molar-refractivity contribution < 1.29 is 23.1 Å². The van der Waals surface area contributed by atoms with Crippen LogP contribution in [0.15, 0.2) is 29.4 Å². The van der Waals surface area contributed by atoms with Crippen molar-refractivity contribution >= 4 is 23.6 Å². The van der Waals surface area contributed by atoms with E-state index in [1.165, 1.54) is 28.9 Å². The topological polar surface area (TPSA) is 115 Å². The van der Waals surface area contributed by atoms with Crippen molar-refractivity contribution in [1.29, 1.82) is 0 Å². The average Bonchev–Trinajstić information content (AvgIpc) is 3.35. The molecule has 1 aliphatic heterocycles. The van der Waals surface area contributed by atoms with Crippen molar-refractivity contribution in [2.45, 2.75) is 24.6 Å². The van der Waals surface area contributed by atoms with Gasteiger partial charge >= 0.3 is 6.61 Å². The lowest BCUT2D eigenvalue weighted by Crippen LogP contribution is -2.39. The number of nitrogens with one attached hydrogen (secondary N) is 1. The summed E-state index contributed by atoms with van der Waals surface area (Å²) in [6.07, 6.45) is 1.98. The molecular weight excluding hydrogens is 406 g/mol. The van der Waals surface area contributed by atoms with Gasteiger partial charge in [0.05, 0.1) is 12.3 Å². The molecule has 0 bridgehead atoms. The van der Waals surface area contributed by atoms with E-state index in [0.717, 1.165) is 37.7 Å². The number of amides is 2. The second-order valence-corrected chi connectivity index (χ2v) is 7.17. The van der Waals surface area contributed by atoms with E-state index in [1.807, 2.05) is 0 Å². The number of hydrogen-bond acceptors (Lipinski definition) is 7. The number of nitrogen functional groups attached to an aromatic ring is 1. The molecule has 1 aromatic heterocycles. The number of nitrogens with two attached hydrogens (primary N) is 1. The second-order valence-electron chi connectivity index (χ2n) is 6.23. The summed E-state index contributed by atoms with van der Waals surface area (Å²) in [4.78, 5) is 25.6. The number of halogens is 2. The summed E-state index contributed by atoms with van der Waals surface area (Å²) in [7, 11) is 0. The number of likely N-dealkylation sites (tertiary alicyclic amines) is 1. The van der Waals surface area contributed by atoms with Crippen LogP contribution >= 0.6 is 11.8 Å². The average molecular weight is 426 g/mol. The van der Waals surface area contributed by atoms with Gasteiger partial charge in [-0.25, -0.2) is 4.68 Å². The van der Waals surface area contributed by atoms with Gasteiger partial charge in [0.2, 0.25) is 17.0 Å². The minimum atomic E-state index is -2.90. The Labute approximate surface area is 169 Å². The normalized spacial score (nSPS) is 13.7. The quantitative estimate of drug-likeness (QED) is 0.480. The maximum Gasteiger partial charge on any atom is 0.387 e. The molecule has 9 nitrogen and oxygen atoms in total. The molecular formula is C17H20F2N6O3S. The van der Waals surface area contributed by atoms with Gasteiger partial charge in [-0.3, -0.25) is 9.59 Å². The number of carbonyl (C=O) groups excluding carboxylic acids is 2. The molecule has 0 radical (unpaired) electrons. The number of rotatable bonds is 8. The molecule has 0 saturated carbocycles. The van der Waals surface area contributed by atoms with E-state index in [-0.39, 0.29) is 29.9 Å². The van der Waals surface area contributed by atoms with E-state index >= 15 is 0 Å². The van der Waals surface area contributed by atoms with Crippen LogP contribution in [0.4, 0.5) is 8.78 Å². The fraction of sp³-hybridized carbons (Fsp3) is 0.412. The van der Waals surface area contributed by atoms with Crippen LogP contribution in [0.25, 0.3) is 11.4 Å². The van der Waals surface area contributed by atoms with Gasteiger partial charge in [0.25, 0.3) is 0 Å². The summed E-state index contributed by atoms with van der Waals surface area (Å²) in [5, 5.41) is 10.8. The summed E-state index contributed by atoms with van der Waals surface area (Å²) < 4.78 is 29.9. The lowest BCUT2D eigenvalue weighted by atomic mass is 10.2. The molecule has 156 valence electrons. The molecule has 0 spiro atoms. The second kappa shape index (κ2) is 9.54. The number of aromatic nitrogens is 3. The van der Waals surface area contributed by atoms with Crippen LogP contribution in [0.1, 0.15) is 12.8 Å². The fourth-order valence-corrected chi connectivity index (χ4v) is 3.48. The smallest absolute Gasteiger partial charge is 0.387 e. The van der Waals surface area contributed by atoms with Crippen molar-refractivity contribution in [1.82, 2.24) is 25.1 Å². The predicted molar refractivity (Wildman–Crippen MR) is 102 cm³/mol. The number of nitrogens with zero attached hydrogens (tertiary/aromatic N) is 4. The van der Waals surface area contributed by atoms with Crippen molar-refractivity contribution in [3.8, 4) is 17.1 Å². The van der Waals surface area contributed by atoms with E-state index in [4.69, 9.17) is 5.84 Å². The lowest BCUT2D eigenvalue weighted by molar-refractivity contribution is -0.131. The van der Waals surface area contributed by atoms with E-state index in [0.29, 0.717) is 16.5 Å². The van der Waals surface area contributed by atoms with Gasteiger partial charge in [0.1, 0.15) is 5.75 Å². The van der Waals surface area contributed by atoms with Crippen molar-refractivity contribution in [3.05, 3.63) is 24.3 Å². The maximum absolute atomic E-state index is 12.2. The Kier molecular flexibility index (Phi) is 6.86. The molecule has 3 rings (SSSR count). The molecule has 12 heteroatoms. The van der Waals surface area contributed by atoms with E-state index in [2.05, 4.69) is 20.3 Å². The molecule has 2 aromatic rings. The zero-order valence-corrected chi connectivity index (χ0v) is 16.2. The first-order valence-corrected chi connectivity index (χ1v) is 9.85. The van der Waals surface area contributed by atoms with Crippen molar-refractivity contribution in [3.63, 3.8) is 0 Å². The van der Waals surface area contributed by atoms with Crippen molar-refractivity contribution in [2.75, 3.05) is 31.2 Å². The molecule has 0 unspecified atom stereocenters. The molecule has 2 amide bonds. The third kappa shape index (κ3) is 5.56. The summed E-state index contributed by atoms with van der Waals surface area (Å²) in [5.74, 6) is 5.90. The number of alkyl halides is 2. The van der Waals surface area contributed by atoms with Crippen LogP contribution in [-0.2, 0) is 9.59 Å². The molecule has 1 aliphatic rings. The SMILES string of the molecule is Nn1c(SCC(=O)NCC(=O)N2CCCC2)nnc1-c1ccc(OC(F)F)cc1. The Morgan fingerprint density at radius 2 is 1.90 bits per heavy atom. The van der Waals surface area contributed by atoms with Gasteiger partial charge in [-0.2, -0.15) is 8.78 Å².